The maximum Gasteiger partial charge on any atom is 0.179 e. The fourth-order valence-electron chi connectivity index (χ4n) is 1.33. The van der Waals surface area contributed by atoms with Gasteiger partial charge in [-0.25, -0.2) is 0 Å². The number of hydrogen-bond donors (Lipinski definition) is 1. The number of hydrogen-bond acceptors (Lipinski definition) is 3. The minimum absolute atomic E-state index is 0.465. The van der Waals surface area contributed by atoms with Gasteiger partial charge in [-0.2, -0.15) is 0 Å². The molecule has 0 radical (unpaired) electrons. The first-order valence-electron chi connectivity index (χ1n) is 4.44. The van der Waals surface area contributed by atoms with Gasteiger partial charge in [0.2, 0.25) is 0 Å². The standard InChI is InChI=1S/C10H13Cl2NO2/c1-14-8-5-7(11)6(3-4-13)9(12)10(8)15-2/h5H,3-4,13H2,1-2H3. The lowest BCUT2D eigenvalue weighted by molar-refractivity contribution is 0.355. The average Bonchev–Trinajstić information content (AvgIpc) is 2.23. The van der Waals surface area contributed by atoms with Crippen molar-refractivity contribution in [2.24, 2.45) is 5.73 Å². The van der Waals surface area contributed by atoms with Crippen LogP contribution in [0.5, 0.6) is 11.5 Å². The zero-order valence-corrected chi connectivity index (χ0v) is 10.2. The van der Waals surface area contributed by atoms with Gasteiger partial charge in [0.1, 0.15) is 0 Å². The van der Waals surface area contributed by atoms with E-state index in [0.29, 0.717) is 34.5 Å². The molecular weight excluding hydrogens is 237 g/mol. The van der Waals surface area contributed by atoms with Gasteiger partial charge in [-0.05, 0) is 18.5 Å². The summed E-state index contributed by atoms with van der Waals surface area (Å²) in [5, 5.41) is 1.01. The molecule has 84 valence electrons. The van der Waals surface area contributed by atoms with Crippen molar-refractivity contribution < 1.29 is 9.47 Å². The van der Waals surface area contributed by atoms with Crippen molar-refractivity contribution in [2.75, 3.05) is 20.8 Å². The van der Waals surface area contributed by atoms with E-state index in [1.807, 2.05) is 0 Å². The molecule has 0 heterocycles. The molecular formula is C10H13Cl2NO2. The molecule has 1 aromatic carbocycles. The van der Waals surface area contributed by atoms with E-state index in [0.717, 1.165) is 5.56 Å². The van der Waals surface area contributed by atoms with Gasteiger partial charge in [0, 0.05) is 11.1 Å². The molecule has 0 aliphatic rings. The van der Waals surface area contributed by atoms with Crippen LogP contribution in [0.3, 0.4) is 0 Å². The van der Waals surface area contributed by atoms with Gasteiger partial charge < -0.3 is 15.2 Å². The summed E-state index contributed by atoms with van der Waals surface area (Å²) in [5.41, 5.74) is 6.26. The highest BCUT2D eigenvalue weighted by molar-refractivity contribution is 6.37. The first-order chi connectivity index (χ1) is 7.15. The Hall–Kier alpha value is -0.640. The second-order valence-electron chi connectivity index (χ2n) is 2.93. The highest BCUT2D eigenvalue weighted by atomic mass is 35.5. The molecule has 0 spiro atoms. The number of benzene rings is 1. The zero-order chi connectivity index (χ0) is 11.4. The molecule has 0 saturated carbocycles. The molecule has 5 heteroatoms. The van der Waals surface area contributed by atoms with Crippen molar-refractivity contribution in [3.63, 3.8) is 0 Å². The Morgan fingerprint density at radius 3 is 2.40 bits per heavy atom. The molecule has 1 aromatic rings. The lowest BCUT2D eigenvalue weighted by Crippen LogP contribution is -2.05. The Morgan fingerprint density at radius 1 is 1.27 bits per heavy atom. The minimum Gasteiger partial charge on any atom is -0.493 e. The Kier molecular flexibility index (Phi) is 4.51. The van der Waals surface area contributed by atoms with Crippen LogP contribution in [0.25, 0.3) is 0 Å². The number of nitrogens with two attached hydrogens (primary N) is 1. The van der Waals surface area contributed by atoms with Gasteiger partial charge in [-0.1, -0.05) is 23.2 Å². The Balaban J connectivity index is 3.31. The van der Waals surface area contributed by atoms with E-state index < -0.39 is 0 Å². The number of halogens is 2. The number of ether oxygens (including phenoxy) is 2. The third-order valence-corrected chi connectivity index (χ3v) is 2.79. The molecule has 0 aliphatic heterocycles. The van der Waals surface area contributed by atoms with E-state index in [4.69, 9.17) is 38.4 Å². The van der Waals surface area contributed by atoms with Crippen LogP contribution in [-0.2, 0) is 6.42 Å². The van der Waals surface area contributed by atoms with E-state index >= 15 is 0 Å². The van der Waals surface area contributed by atoms with Crippen LogP contribution >= 0.6 is 23.2 Å². The van der Waals surface area contributed by atoms with Gasteiger partial charge in [0.25, 0.3) is 0 Å². The summed E-state index contributed by atoms with van der Waals surface area (Å²) in [6.07, 6.45) is 0.609. The SMILES string of the molecule is COc1cc(Cl)c(CCN)c(Cl)c1OC. The van der Waals surface area contributed by atoms with Crippen LogP contribution in [-0.4, -0.2) is 20.8 Å². The van der Waals surface area contributed by atoms with E-state index in [9.17, 15) is 0 Å². The summed E-state index contributed by atoms with van der Waals surface area (Å²) in [6, 6.07) is 1.68. The maximum absolute atomic E-state index is 6.13. The van der Waals surface area contributed by atoms with Crippen molar-refractivity contribution in [3.05, 3.63) is 21.7 Å². The van der Waals surface area contributed by atoms with Crippen molar-refractivity contribution >= 4 is 23.2 Å². The van der Waals surface area contributed by atoms with Crippen LogP contribution in [0.15, 0.2) is 6.07 Å². The lowest BCUT2D eigenvalue weighted by atomic mass is 10.1. The van der Waals surface area contributed by atoms with E-state index in [1.165, 1.54) is 14.2 Å². The second kappa shape index (κ2) is 5.45. The Labute approximate surface area is 99.1 Å². The van der Waals surface area contributed by atoms with Crippen LogP contribution in [0, 0.1) is 0 Å². The van der Waals surface area contributed by atoms with E-state index in [2.05, 4.69) is 0 Å². The molecule has 0 unspecified atom stereocenters. The van der Waals surface area contributed by atoms with Crippen LogP contribution in [0.1, 0.15) is 5.56 Å². The van der Waals surface area contributed by atoms with Crippen molar-refractivity contribution in [1.82, 2.24) is 0 Å². The Bertz CT molecular complexity index is 356. The van der Waals surface area contributed by atoms with Crippen molar-refractivity contribution in [3.8, 4) is 11.5 Å². The molecule has 3 nitrogen and oxygen atoms in total. The molecule has 0 saturated heterocycles. The minimum atomic E-state index is 0.465. The number of rotatable bonds is 4. The third kappa shape index (κ3) is 2.48. The zero-order valence-electron chi connectivity index (χ0n) is 8.64. The largest absolute Gasteiger partial charge is 0.493 e. The van der Waals surface area contributed by atoms with Gasteiger partial charge >= 0.3 is 0 Å². The molecule has 2 N–H and O–H groups in total. The highest BCUT2D eigenvalue weighted by Crippen LogP contribution is 2.41. The predicted octanol–water partition coefficient (Wildman–Crippen LogP) is 2.51. The predicted molar refractivity (Wildman–Crippen MR) is 62.3 cm³/mol. The van der Waals surface area contributed by atoms with Gasteiger partial charge in [0.15, 0.2) is 11.5 Å². The van der Waals surface area contributed by atoms with Gasteiger partial charge in [0.05, 0.1) is 19.2 Å². The summed E-state index contributed by atoms with van der Waals surface area (Å²) in [4.78, 5) is 0. The summed E-state index contributed by atoms with van der Waals surface area (Å²) >= 11 is 12.2. The van der Waals surface area contributed by atoms with Crippen LogP contribution in [0.2, 0.25) is 10.0 Å². The summed E-state index contributed by atoms with van der Waals surface area (Å²) < 4.78 is 10.3. The van der Waals surface area contributed by atoms with Gasteiger partial charge in [-0.15, -0.1) is 0 Å². The van der Waals surface area contributed by atoms with Crippen molar-refractivity contribution in [1.29, 1.82) is 0 Å². The van der Waals surface area contributed by atoms with Crippen molar-refractivity contribution in [2.45, 2.75) is 6.42 Å². The smallest absolute Gasteiger partial charge is 0.179 e. The molecule has 0 fully saturated rings. The molecule has 0 atom stereocenters. The fourth-order valence-corrected chi connectivity index (χ4v) is 2.04. The highest BCUT2D eigenvalue weighted by Gasteiger charge is 2.16. The third-order valence-electron chi connectivity index (χ3n) is 2.05. The summed E-state index contributed by atoms with van der Waals surface area (Å²) in [6.45, 7) is 0.481. The first-order valence-corrected chi connectivity index (χ1v) is 5.20. The fraction of sp³-hybridized carbons (Fsp3) is 0.400. The van der Waals surface area contributed by atoms with Gasteiger partial charge in [-0.3, -0.25) is 0 Å². The molecule has 1 rings (SSSR count). The summed E-state index contributed by atoms with van der Waals surface area (Å²) in [5.74, 6) is 1.01. The average molecular weight is 250 g/mol. The maximum atomic E-state index is 6.13. The number of methoxy groups -OCH3 is 2. The first kappa shape index (κ1) is 12.4. The molecule has 0 amide bonds. The monoisotopic (exact) mass is 249 g/mol. The molecule has 0 aliphatic carbocycles. The lowest BCUT2D eigenvalue weighted by Gasteiger charge is -2.14. The van der Waals surface area contributed by atoms with E-state index in [-0.39, 0.29) is 0 Å². The quantitative estimate of drug-likeness (QED) is 0.892. The van der Waals surface area contributed by atoms with E-state index in [1.54, 1.807) is 6.07 Å². The van der Waals surface area contributed by atoms with Crippen LogP contribution < -0.4 is 15.2 Å². The van der Waals surface area contributed by atoms with Crippen LogP contribution in [0.4, 0.5) is 0 Å². The topological polar surface area (TPSA) is 44.5 Å². The second-order valence-corrected chi connectivity index (χ2v) is 3.71. The summed E-state index contributed by atoms with van der Waals surface area (Å²) in [7, 11) is 3.07. The normalized spacial score (nSPS) is 10.2. The molecule has 0 bridgehead atoms. The molecule has 15 heavy (non-hydrogen) atoms. The Morgan fingerprint density at radius 2 is 1.93 bits per heavy atom. The molecule has 0 aromatic heterocycles.